The molecular formula is C23H23NO6. The van der Waals surface area contributed by atoms with Gasteiger partial charge in [-0.05, 0) is 37.6 Å². The van der Waals surface area contributed by atoms with E-state index in [0.29, 0.717) is 17.0 Å². The van der Waals surface area contributed by atoms with Gasteiger partial charge >= 0.3 is 11.9 Å². The average Bonchev–Trinajstić information content (AvgIpc) is 2.77. The first-order valence-electron chi connectivity index (χ1n) is 9.44. The summed E-state index contributed by atoms with van der Waals surface area (Å²) in [6.45, 7) is 3.80. The molecule has 1 heterocycles. The van der Waals surface area contributed by atoms with Crippen LogP contribution in [0.3, 0.4) is 0 Å². The summed E-state index contributed by atoms with van der Waals surface area (Å²) in [5, 5.41) is 0.862. The van der Waals surface area contributed by atoms with Crippen molar-refractivity contribution in [2.24, 2.45) is 0 Å². The number of hydrogen-bond acceptors (Lipinski definition) is 7. The van der Waals surface area contributed by atoms with Gasteiger partial charge in [-0.1, -0.05) is 18.2 Å². The maximum Gasteiger partial charge on any atom is 0.341 e. The van der Waals surface area contributed by atoms with Crippen molar-refractivity contribution < 1.29 is 28.5 Å². The number of esters is 2. The standard InChI is InChI=1S/C23H23NO6/c1-5-29-23(26)21-14(2)16-8-6-7-9-18(16)24-19(21)13-30-20-12-15(27-3)10-11-17(20)22(25)28-4/h6-12H,5,13H2,1-4H3. The molecule has 0 spiro atoms. The summed E-state index contributed by atoms with van der Waals surface area (Å²) in [5.74, 6) is -0.221. The monoisotopic (exact) mass is 409 g/mol. The van der Waals surface area contributed by atoms with E-state index in [0.717, 1.165) is 16.5 Å². The zero-order valence-corrected chi connectivity index (χ0v) is 17.4. The van der Waals surface area contributed by atoms with Crippen molar-refractivity contribution in [1.82, 2.24) is 4.98 Å². The van der Waals surface area contributed by atoms with Gasteiger partial charge in [0.25, 0.3) is 0 Å². The number of rotatable bonds is 7. The van der Waals surface area contributed by atoms with E-state index < -0.39 is 11.9 Å². The minimum atomic E-state index is -0.541. The van der Waals surface area contributed by atoms with Crippen molar-refractivity contribution in [1.29, 1.82) is 0 Å². The Morgan fingerprint density at radius 1 is 1.03 bits per heavy atom. The molecule has 0 aliphatic rings. The lowest BCUT2D eigenvalue weighted by molar-refractivity contribution is 0.0519. The molecule has 0 amide bonds. The maximum absolute atomic E-state index is 12.7. The van der Waals surface area contributed by atoms with Gasteiger partial charge in [-0.25, -0.2) is 14.6 Å². The fourth-order valence-electron chi connectivity index (χ4n) is 3.19. The van der Waals surface area contributed by atoms with E-state index in [-0.39, 0.29) is 24.5 Å². The Hall–Kier alpha value is -3.61. The average molecular weight is 409 g/mol. The third-order valence-electron chi connectivity index (χ3n) is 4.67. The van der Waals surface area contributed by atoms with Gasteiger partial charge in [-0.15, -0.1) is 0 Å². The van der Waals surface area contributed by atoms with Crippen LogP contribution >= 0.6 is 0 Å². The van der Waals surface area contributed by atoms with Crippen LogP contribution in [0.4, 0.5) is 0 Å². The predicted octanol–water partition coefficient (Wildman–Crippen LogP) is 4.09. The second kappa shape index (κ2) is 9.26. The lowest BCUT2D eigenvalue weighted by atomic mass is 10.0. The van der Waals surface area contributed by atoms with Crippen LogP contribution in [0.5, 0.6) is 11.5 Å². The highest BCUT2D eigenvalue weighted by Gasteiger charge is 2.21. The van der Waals surface area contributed by atoms with E-state index >= 15 is 0 Å². The number of carbonyl (C=O) groups excluding carboxylic acids is 2. The van der Waals surface area contributed by atoms with Crippen LogP contribution < -0.4 is 9.47 Å². The highest BCUT2D eigenvalue weighted by Crippen LogP contribution is 2.28. The number of carbonyl (C=O) groups is 2. The molecule has 0 aliphatic carbocycles. The molecular weight excluding hydrogens is 386 g/mol. The topological polar surface area (TPSA) is 84.0 Å². The SMILES string of the molecule is CCOC(=O)c1c(COc2cc(OC)ccc2C(=O)OC)nc2ccccc2c1C. The third-order valence-corrected chi connectivity index (χ3v) is 4.67. The zero-order chi connectivity index (χ0) is 21.7. The minimum Gasteiger partial charge on any atom is -0.497 e. The highest BCUT2D eigenvalue weighted by molar-refractivity contribution is 5.98. The first-order chi connectivity index (χ1) is 14.5. The molecule has 0 saturated heterocycles. The molecule has 0 atom stereocenters. The number of methoxy groups -OCH3 is 2. The van der Waals surface area contributed by atoms with E-state index in [1.165, 1.54) is 14.2 Å². The normalized spacial score (nSPS) is 10.5. The Morgan fingerprint density at radius 2 is 1.80 bits per heavy atom. The number of aryl methyl sites for hydroxylation is 1. The van der Waals surface area contributed by atoms with Gasteiger partial charge in [0, 0.05) is 11.5 Å². The van der Waals surface area contributed by atoms with Gasteiger partial charge < -0.3 is 18.9 Å². The first-order valence-corrected chi connectivity index (χ1v) is 9.44. The molecule has 0 aliphatic heterocycles. The molecule has 0 fully saturated rings. The fourth-order valence-corrected chi connectivity index (χ4v) is 3.19. The summed E-state index contributed by atoms with van der Waals surface area (Å²) < 4.78 is 21.2. The van der Waals surface area contributed by atoms with Gasteiger partial charge in [0.05, 0.1) is 37.6 Å². The lowest BCUT2D eigenvalue weighted by Crippen LogP contribution is -2.15. The molecule has 3 aromatic rings. The van der Waals surface area contributed by atoms with Gasteiger partial charge in [0.15, 0.2) is 0 Å². The number of pyridine rings is 1. The maximum atomic E-state index is 12.7. The molecule has 156 valence electrons. The van der Waals surface area contributed by atoms with Crippen LogP contribution in [0.15, 0.2) is 42.5 Å². The summed E-state index contributed by atoms with van der Waals surface area (Å²) in [5.41, 5.74) is 2.52. The molecule has 0 N–H and O–H groups in total. The molecule has 7 heteroatoms. The Balaban J connectivity index is 2.05. The van der Waals surface area contributed by atoms with Crippen LogP contribution in [-0.4, -0.2) is 37.7 Å². The smallest absolute Gasteiger partial charge is 0.341 e. The first kappa shape index (κ1) is 21.1. The molecule has 3 rings (SSSR count). The molecule has 30 heavy (non-hydrogen) atoms. The van der Waals surface area contributed by atoms with Crippen LogP contribution in [0.1, 0.15) is 38.9 Å². The Kier molecular flexibility index (Phi) is 6.51. The zero-order valence-electron chi connectivity index (χ0n) is 17.4. The Morgan fingerprint density at radius 3 is 2.50 bits per heavy atom. The summed E-state index contributed by atoms with van der Waals surface area (Å²) in [6, 6.07) is 12.3. The highest BCUT2D eigenvalue weighted by atomic mass is 16.5. The van der Waals surface area contributed by atoms with E-state index in [1.54, 1.807) is 25.1 Å². The van der Waals surface area contributed by atoms with Gasteiger partial charge in [0.2, 0.25) is 0 Å². The van der Waals surface area contributed by atoms with E-state index in [1.807, 2.05) is 31.2 Å². The Bertz CT molecular complexity index is 1090. The molecule has 0 saturated carbocycles. The van der Waals surface area contributed by atoms with Crippen LogP contribution in [0, 0.1) is 6.92 Å². The molecule has 2 aromatic carbocycles. The van der Waals surface area contributed by atoms with E-state index in [2.05, 4.69) is 4.98 Å². The number of nitrogens with zero attached hydrogens (tertiary/aromatic N) is 1. The molecule has 0 radical (unpaired) electrons. The quantitative estimate of drug-likeness (QED) is 0.543. The third kappa shape index (κ3) is 4.20. The summed E-state index contributed by atoms with van der Waals surface area (Å²) in [7, 11) is 2.81. The van der Waals surface area contributed by atoms with Crippen molar-refractivity contribution in [2.75, 3.05) is 20.8 Å². The Labute approximate surface area is 174 Å². The number of para-hydroxylation sites is 1. The second-order valence-corrected chi connectivity index (χ2v) is 6.44. The van der Waals surface area contributed by atoms with E-state index in [4.69, 9.17) is 18.9 Å². The van der Waals surface area contributed by atoms with Crippen LogP contribution in [0.2, 0.25) is 0 Å². The van der Waals surface area contributed by atoms with E-state index in [9.17, 15) is 9.59 Å². The minimum absolute atomic E-state index is 0.0447. The number of aromatic nitrogens is 1. The summed E-state index contributed by atoms with van der Waals surface area (Å²) in [4.78, 5) is 29.4. The van der Waals surface area contributed by atoms with Crippen LogP contribution in [0.25, 0.3) is 10.9 Å². The molecule has 0 unspecified atom stereocenters. The van der Waals surface area contributed by atoms with Crippen molar-refractivity contribution in [3.8, 4) is 11.5 Å². The fraction of sp³-hybridized carbons (Fsp3) is 0.261. The summed E-state index contributed by atoms with van der Waals surface area (Å²) >= 11 is 0. The van der Waals surface area contributed by atoms with Crippen molar-refractivity contribution >= 4 is 22.8 Å². The van der Waals surface area contributed by atoms with Crippen LogP contribution in [-0.2, 0) is 16.1 Å². The van der Waals surface area contributed by atoms with Crippen molar-refractivity contribution in [2.45, 2.75) is 20.5 Å². The van der Waals surface area contributed by atoms with Gasteiger partial charge in [0.1, 0.15) is 23.7 Å². The molecule has 1 aromatic heterocycles. The molecule has 0 bridgehead atoms. The molecule has 7 nitrogen and oxygen atoms in total. The predicted molar refractivity (Wildman–Crippen MR) is 111 cm³/mol. The second-order valence-electron chi connectivity index (χ2n) is 6.44. The largest absolute Gasteiger partial charge is 0.497 e. The number of ether oxygens (including phenoxy) is 4. The van der Waals surface area contributed by atoms with Crippen molar-refractivity contribution in [3.05, 3.63) is 64.8 Å². The van der Waals surface area contributed by atoms with Gasteiger partial charge in [-0.3, -0.25) is 0 Å². The van der Waals surface area contributed by atoms with Crippen molar-refractivity contribution in [3.63, 3.8) is 0 Å². The summed E-state index contributed by atoms with van der Waals surface area (Å²) in [6.07, 6.45) is 0. The lowest BCUT2D eigenvalue weighted by Gasteiger charge is -2.16. The number of fused-ring (bicyclic) bond motifs is 1. The number of benzene rings is 2. The number of hydrogen-bond donors (Lipinski definition) is 0. The van der Waals surface area contributed by atoms with Gasteiger partial charge in [-0.2, -0.15) is 0 Å².